The van der Waals surface area contributed by atoms with Gasteiger partial charge in [-0.05, 0) is 35.4 Å². The number of aromatic hydroxyl groups is 2. The summed E-state index contributed by atoms with van der Waals surface area (Å²) < 4.78 is 10.4. The second-order valence-electron chi connectivity index (χ2n) is 12.8. The van der Waals surface area contributed by atoms with Gasteiger partial charge in [-0.15, -0.1) is 0 Å². The molecule has 292 valence electrons. The molecule has 0 fully saturated rings. The number of carbonyl (C=O) groups excluding carboxylic acids is 6. The van der Waals surface area contributed by atoms with E-state index in [-0.39, 0.29) is 85.9 Å². The predicted octanol–water partition coefficient (Wildman–Crippen LogP) is 1.85. The Kier molecular flexibility index (Phi) is 13.7. The maximum Gasteiger partial charge on any atom is 0.308 e. The Morgan fingerprint density at radius 3 is 1.29 bits per heavy atom. The number of carbonyl (C=O) groups is 6. The van der Waals surface area contributed by atoms with Crippen molar-refractivity contribution in [2.45, 2.75) is 38.1 Å². The molecule has 1 aliphatic carbocycles. The molecule has 0 heterocycles. The summed E-state index contributed by atoms with van der Waals surface area (Å²) >= 11 is 0. The Bertz CT molecular complexity index is 1950. The van der Waals surface area contributed by atoms with E-state index < -0.39 is 58.9 Å². The molecule has 0 saturated carbocycles. The Hall–Kier alpha value is -6.78. The van der Waals surface area contributed by atoms with Gasteiger partial charge in [-0.1, -0.05) is 60.7 Å². The van der Waals surface area contributed by atoms with Crippen LogP contribution in [-0.2, 0) is 41.9 Å². The molecular weight excluding hydrogens is 724 g/mol. The zero-order chi connectivity index (χ0) is 40.2. The van der Waals surface area contributed by atoms with E-state index in [1.54, 1.807) is 48.5 Å². The monoisotopic (exact) mass is 766 g/mol. The van der Waals surface area contributed by atoms with E-state index in [0.29, 0.717) is 0 Å². The lowest BCUT2D eigenvalue weighted by atomic mass is 9.81. The van der Waals surface area contributed by atoms with E-state index in [1.807, 2.05) is 12.1 Å². The number of hydrogen-bond acceptors (Lipinski definition) is 14. The molecule has 2 atom stereocenters. The van der Waals surface area contributed by atoms with Gasteiger partial charge in [0.25, 0.3) is 0 Å². The number of amides is 2. The molecule has 0 unspecified atom stereocenters. The highest BCUT2D eigenvalue weighted by molar-refractivity contribution is 6.33. The van der Waals surface area contributed by atoms with Crippen LogP contribution in [-0.4, -0.2) is 83.8 Å². The number of esters is 2. The number of fused-ring (bicyclic) bond motifs is 2. The molecule has 4 aromatic rings. The predicted molar refractivity (Wildman–Crippen MR) is 204 cm³/mol. The van der Waals surface area contributed by atoms with Gasteiger partial charge < -0.3 is 52.4 Å². The van der Waals surface area contributed by atoms with Crippen LogP contribution in [0.1, 0.15) is 55.8 Å². The molecule has 2 amide bonds. The third-order valence-electron chi connectivity index (χ3n) is 8.69. The lowest BCUT2D eigenvalue weighted by Crippen LogP contribution is -2.43. The minimum absolute atomic E-state index is 0.0116. The van der Waals surface area contributed by atoms with Crippen LogP contribution < -0.4 is 32.7 Å². The zero-order valence-electron chi connectivity index (χ0n) is 30.2. The summed E-state index contributed by atoms with van der Waals surface area (Å²) in [6, 6.07) is 20.9. The number of phenolic OH excluding ortho intramolecular Hbond substituents is 2. The van der Waals surface area contributed by atoms with Gasteiger partial charge >= 0.3 is 11.9 Å². The summed E-state index contributed by atoms with van der Waals surface area (Å²) in [5.74, 6) is -5.00. The van der Waals surface area contributed by atoms with Gasteiger partial charge in [0.1, 0.15) is 24.7 Å². The van der Waals surface area contributed by atoms with Gasteiger partial charge in [0, 0.05) is 37.6 Å². The van der Waals surface area contributed by atoms with Crippen LogP contribution in [0.25, 0.3) is 0 Å². The van der Waals surface area contributed by atoms with Crippen molar-refractivity contribution in [3.05, 3.63) is 118 Å². The molecule has 1 aliphatic rings. The lowest BCUT2D eigenvalue weighted by Gasteiger charge is -2.25. The highest BCUT2D eigenvalue weighted by Crippen LogP contribution is 2.42. The number of ether oxygens (including phenoxy) is 2. The Labute approximate surface area is 321 Å². The third-order valence-corrected chi connectivity index (χ3v) is 8.69. The average molecular weight is 767 g/mol. The molecule has 0 bridgehead atoms. The Morgan fingerprint density at radius 1 is 0.536 bits per heavy atom. The molecule has 0 spiro atoms. The molecule has 56 heavy (non-hydrogen) atoms. The minimum Gasteiger partial charge on any atom is -0.507 e. The number of rotatable bonds is 18. The second-order valence-corrected chi connectivity index (χ2v) is 12.8. The number of benzene rings is 4. The van der Waals surface area contributed by atoms with Crippen molar-refractivity contribution in [1.82, 2.24) is 10.6 Å². The number of nitrogens with one attached hydrogen (secondary N) is 4. The topological polar surface area (TPSA) is 262 Å². The van der Waals surface area contributed by atoms with E-state index >= 15 is 0 Å². The molecule has 5 rings (SSSR count). The van der Waals surface area contributed by atoms with Crippen molar-refractivity contribution in [3.63, 3.8) is 0 Å². The highest BCUT2D eigenvalue weighted by Gasteiger charge is 2.38. The second kappa shape index (κ2) is 19.0. The summed E-state index contributed by atoms with van der Waals surface area (Å²) in [5, 5.41) is 32.4. The zero-order valence-corrected chi connectivity index (χ0v) is 30.2. The normalized spacial score (nSPS) is 12.7. The van der Waals surface area contributed by atoms with Gasteiger partial charge in [0.15, 0.2) is 0 Å². The fourth-order valence-electron chi connectivity index (χ4n) is 5.83. The lowest BCUT2D eigenvalue weighted by molar-refractivity contribution is -0.147. The fraction of sp³-hybridized carbons (Fsp3) is 0.250. The molecule has 0 radical (unpaired) electrons. The molecule has 16 nitrogen and oxygen atoms in total. The van der Waals surface area contributed by atoms with Crippen molar-refractivity contribution < 1.29 is 48.5 Å². The van der Waals surface area contributed by atoms with Crippen LogP contribution in [0, 0.1) is 0 Å². The highest BCUT2D eigenvalue weighted by atomic mass is 16.5. The van der Waals surface area contributed by atoms with Gasteiger partial charge in [0.05, 0.1) is 47.2 Å². The maximum atomic E-state index is 13.9. The van der Waals surface area contributed by atoms with Crippen molar-refractivity contribution in [2.75, 3.05) is 36.8 Å². The largest absolute Gasteiger partial charge is 0.507 e. The standard InChI is InChI=1S/C40H42N6O10/c41-25(19-31(49)55-21-23-7-3-1-4-8-23)39(53)45-17-15-43-27-11-12-28(34-33(27)37(51)35-29(47)13-14-30(48)36(35)38(34)52)44-16-18-46-40(54)26(42)20-32(50)56-22-24-9-5-2-6-10-24/h1-14,25-26,43-44,47-48H,15-22,41-42H2,(H,45,53)(H,46,54)/t25-,26+. The summed E-state index contributed by atoms with van der Waals surface area (Å²) in [7, 11) is 0. The Balaban J connectivity index is 1.17. The van der Waals surface area contributed by atoms with Gasteiger partial charge in [0.2, 0.25) is 23.4 Å². The van der Waals surface area contributed by atoms with Crippen LogP contribution in [0.4, 0.5) is 11.4 Å². The quantitative estimate of drug-likeness (QED) is 0.0360. The maximum absolute atomic E-state index is 13.9. The summed E-state index contributed by atoms with van der Waals surface area (Å²) in [6.45, 7) is 0.224. The van der Waals surface area contributed by atoms with E-state index in [9.17, 15) is 39.0 Å². The summed E-state index contributed by atoms with van der Waals surface area (Å²) in [6.07, 6.45) is -0.693. The van der Waals surface area contributed by atoms with Crippen LogP contribution in [0.2, 0.25) is 0 Å². The van der Waals surface area contributed by atoms with Crippen molar-refractivity contribution >= 4 is 46.7 Å². The van der Waals surface area contributed by atoms with Crippen LogP contribution in [0.15, 0.2) is 84.9 Å². The third kappa shape index (κ3) is 10.2. The Morgan fingerprint density at radius 2 is 0.911 bits per heavy atom. The number of nitrogens with two attached hydrogens (primary N) is 2. The first kappa shape index (κ1) is 40.4. The summed E-state index contributed by atoms with van der Waals surface area (Å²) in [4.78, 5) is 77.3. The first-order valence-corrected chi connectivity index (χ1v) is 17.7. The van der Waals surface area contributed by atoms with E-state index in [2.05, 4.69) is 21.3 Å². The molecule has 4 aromatic carbocycles. The van der Waals surface area contributed by atoms with Gasteiger partial charge in [-0.3, -0.25) is 28.8 Å². The average Bonchev–Trinajstić information content (AvgIpc) is 3.20. The van der Waals surface area contributed by atoms with Crippen molar-refractivity contribution in [2.24, 2.45) is 11.5 Å². The van der Waals surface area contributed by atoms with Crippen molar-refractivity contribution in [3.8, 4) is 11.5 Å². The van der Waals surface area contributed by atoms with E-state index in [0.717, 1.165) is 23.3 Å². The summed E-state index contributed by atoms with van der Waals surface area (Å²) in [5.41, 5.74) is 12.8. The number of ketones is 2. The van der Waals surface area contributed by atoms with Crippen molar-refractivity contribution in [1.29, 1.82) is 0 Å². The van der Waals surface area contributed by atoms with Gasteiger partial charge in [-0.25, -0.2) is 0 Å². The SMILES string of the molecule is N[C@H](CC(=O)OCc1ccccc1)C(=O)NCCNc1ccc(NCCNC(=O)[C@@H](N)CC(=O)OCc2ccccc2)c2c1C(=O)c1c(O)ccc(O)c1C2=O. The number of anilines is 2. The van der Waals surface area contributed by atoms with E-state index in [1.165, 1.54) is 12.1 Å². The molecule has 10 N–H and O–H groups in total. The van der Waals surface area contributed by atoms with E-state index in [4.69, 9.17) is 20.9 Å². The molecule has 16 heteroatoms. The van der Waals surface area contributed by atoms with Crippen LogP contribution in [0.5, 0.6) is 11.5 Å². The smallest absolute Gasteiger partial charge is 0.308 e. The van der Waals surface area contributed by atoms with Crippen LogP contribution in [0.3, 0.4) is 0 Å². The van der Waals surface area contributed by atoms with Crippen LogP contribution >= 0.6 is 0 Å². The number of phenols is 2. The first-order valence-electron chi connectivity index (χ1n) is 17.7. The molecule has 0 aliphatic heterocycles. The minimum atomic E-state index is -1.18. The molecule has 0 saturated heterocycles. The van der Waals surface area contributed by atoms with Gasteiger partial charge in [-0.2, -0.15) is 0 Å². The fourth-order valence-corrected chi connectivity index (χ4v) is 5.83. The first-order chi connectivity index (χ1) is 26.9. The number of hydrogen-bond donors (Lipinski definition) is 8. The molecule has 0 aromatic heterocycles. The molecular formula is C40H42N6O10.